The summed E-state index contributed by atoms with van der Waals surface area (Å²) in [5.41, 5.74) is 11.9. The summed E-state index contributed by atoms with van der Waals surface area (Å²) in [6.45, 7) is 24.2. The second-order valence-corrected chi connectivity index (χ2v) is 14.2. The van der Waals surface area contributed by atoms with Gasteiger partial charge in [0.1, 0.15) is 10.5 Å². The molecule has 7 nitrogen and oxygen atoms in total. The Morgan fingerprint density at radius 2 is 1.53 bits per heavy atom. The van der Waals surface area contributed by atoms with E-state index in [1.54, 1.807) is 29.6 Å². The smallest absolute Gasteiger partial charge is 0.222 e. The van der Waals surface area contributed by atoms with Crippen LogP contribution in [0.4, 0.5) is 0 Å². The first-order chi connectivity index (χ1) is 27.8. The zero-order valence-electron chi connectivity index (χ0n) is 32.5. The molecule has 4 heterocycles. The molecule has 57 heavy (non-hydrogen) atoms. The number of allylic oxidation sites excluding steroid dienone is 11. The molecule has 7 aromatic rings. The summed E-state index contributed by atoms with van der Waals surface area (Å²) in [5, 5.41) is 0.901. The normalized spacial score (nSPS) is 12.7. The predicted octanol–water partition coefficient (Wildman–Crippen LogP) is 13.2. The molecule has 3 aromatic carbocycles. The van der Waals surface area contributed by atoms with Crippen molar-refractivity contribution in [1.29, 1.82) is 0 Å². The highest BCUT2D eigenvalue weighted by Gasteiger charge is 2.20. The molecular weight excluding hydrogens is 721 g/mol. The van der Waals surface area contributed by atoms with E-state index in [1.807, 2.05) is 87.5 Å². The molecule has 0 saturated carbocycles. The molecule has 8 heteroatoms. The van der Waals surface area contributed by atoms with Gasteiger partial charge in [-0.15, -0.1) is 11.3 Å². The summed E-state index contributed by atoms with van der Waals surface area (Å²) >= 11 is 1.64. The summed E-state index contributed by atoms with van der Waals surface area (Å²) in [7, 11) is 0. The Balaban J connectivity index is 1.29. The third kappa shape index (κ3) is 7.63. The second-order valence-electron chi connectivity index (χ2n) is 13.1. The van der Waals surface area contributed by atoms with E-state index < -0.39 is 0 Å². The Kier molecular flexibility index (Phi) is 11.3. The Labute approximate surface area is 337 Å². The van der Waals surface area contributed by atoms with Crippen LogP contribution >= 0.6 is 11.3 Å². The maximum absolute atomic E-state index is 6.12. The van der Waals surface area contributed by atoms with Crippen LogP contribution in [-0.4, -0.2) is 29.5 Å². The fourth-order valence-corrected chi connectivity index (χ4v) is 7.60. The van der Waals surface area contributed by atoms with Gasteiger partial charge in [-0.3, -0.25) is 0 Å². The number of nitrogens with zero attached hydrogens (tertiary/aromatic N) is 6. The van der Waals surface area contributed by atoms with E-state index in [0.29, 0.717) is 23.4 Å². The van der Waals surface area contributed by atoms with Gasteiger partial charge < -0.3 is 8.98 Å². The largest absolute Gasteiger partial charge is 0.436 e. The number of oxazole rings is 1. The molecule has 0 aliphatic heterocycles. The van der Waals surface area contributed by atoms with Gasteiger partial charge >= 0.3 is 0 Å². The highest BCUT2D eigenvalue weighted by Crippen LogP contribution is 2.36. The van der Waals surface area contributed by atoms with E-state index in [2.05, 4.69) is 86.4 Å². The molecule has 0 saturated heterocycles. The maximum atomic E-state index is 6.12. The fourth-order valence-electron chi connectivity index (χ4n) is 6.66. The molecule has 0 N–H and O–H groups in total. The Hall–Kier alpha value is -7.03. The molecule has 0 amide bonds. The van der Waals surface area contributed by atoms with Gasteiger partial charge in [0.05, 0.1) is 15.9 Å². The summed E-state index contributed by atoms with van der Waals surface area (Å²) in [6.07, 6.45) is 21.0. The fraction of sp³-hybridized carbons (Fsp3) is 0.0816. The SMILES string of the molecule is C=C/C=C(\C=C)c1nc(/C(C=C)=C/C=C\C)nc(-c2ccc3sc(-c4cccc(-n5c(C)c(/C=C(\C)c6nc7ccccc7o6)c(/C=C\C)c5C=C)c4)nc3c2)n1. The van der Waals surface area contributed by atoms with Crippen LogP contribution in [-0.2, 0) is 0 Å². The average molecular weight is 763 g/mol. The van der Waals surface area contributed by atoms with Gasteiger partial charge in [0, 0.05) is 50.4 Å². The summed E-state index contributed by atoms with van der Waals surface area (Å²) in [4.78, 5) is 24.4. The lowest BCUT2D eigenvalue weighted by Gasteiger charge is -2.11. The van der Waals surface area contributed by atoms with Crippen LogP contribution < -0.4 is 0 Å². The van der Waals surface area contributed by atoms with Crippen molar-refractivity contribution in [2.24, 2.45) is 0 Å². The first-order valence-corrected chi connectivity index (χ1v) is 19.4. The lowest BCUT2D eigenvalue weighted by molar-refractivity contribution is 0.584. The van der Waals surface area contributed by atoms with Crippen molar-refractivity contribution in [2.45, 2.75) is 27.7 Å². The molecular formula is C49H42N6OS. The zero-order chi connectivity index (χ0) is 40.1. The molecule has 0 aliphatic carbocycles. The number of hydrogen-bond acceptors (Lipinski definition) is 7. The lowest BCUT2D eigenvalue weighted by atomic mass is 10.1. The minimum absolute atomic E-state index is 0.491. The van der Waals surface area contributed by atoms with Crippen LogP contribution in [0.2, 0.25) is 0 Å². The molecule has 0 bridgehead atoms. The minimum Gasteiger partial charge on any atom is -0.436 e. The monoisotopic (exact) mass is 762 g/mol. The Bertz CT molecular complexity index is 2840. The number of aromatic nitrogens is 6. The van der Waals surface area contributed by atoms with Crippen molar-refractivity contribution >= 4 is 67.6 Å². The van der Waals surface area contributed by atoms with Crippen molar-refractivity contribution < 1.29 is 4.42 Å². The van der Waals surface area contributed by atoms with Crippen molar-refractivity contribution in [3.05, 3.63) is 182 Å². The van der Waals surface area contributed by atoms with Crippen LogP contribution in [0.3, 0.4) is 0 Å². The average Bonchev–Trinajstić information content (AvgIpc) is 3.94. The van der Waals surface area contributed by atoms with Gasteiger partial charge in [0.2, 0.25) is 5.89 Å². The van der Waals surface area contributed by atoms with Gasteiger partial charge in [-0.2, -0.15) is 0 Å². The quantitative estimate of drug-likeness (QED) is 0.109. The van der Waals surface area contributed by atoms with E-state index >= 15 is 0 Å². The molecule has 0 spiro atoms. The zero-order valence-corrected chi connectivity index (χ0v) is 33.3. The van der Waals surface area contributed by atoms with Gasteiger partial charge in [-0.05, 0) is 82.3 Å². The molecule has 280 valence electrons. The predicted molar refractivity (Wildman–Crippen MR) is 242 cm³/mol. The van der Waals surface area contributed by atoms with Crippen LogP contribution in [0.5, 0.6) is 0 Å². The Morgan fingerprint density at radius 1 is 0.754 bits per heavy atom. The Morgan fingerprint density at radius 3 is 2.23 bits per heavy atom. The van der Waals surface area contributed by atoms with Crippen molar-refractivity contribution in [3.8, 4) is 27.6 Å². The van der Waals surface area contributed by atoms with E-state index in [9.17, 15) is 0 Å². The third-order valence-electron chi connectivity index (χ3n) is 9.41. The van der Waals surface area contributed by atoms with E-state index in [0.717, 1.165) is 82.4 Å². The molecule has 0 radical (unpaired) electrons. The second kappa shape index (κ2) is 16.8. The van der Waals surface area contributed by atoms with Gasteiger partial charge in [-0.25, -0.2) is 24.9 Å². The first-order valence-electron chi connectivity index (χ1n) is 18.5. The van der Waals surface area contributed by atoms with E-state index in [4.69, 9.17) is 29.3 Å². The van der Waals surface area contributed by atoms with Gasteiger partial charge in [0.25, 0.3) is 0 Å². The number of thiazole rings is 1. The molecule has 0 aliphatic rings. The number of hydrogen-bond donors (Lipinski definition) is 0. The molecule has 7 rings (SSSR count). The molecule has 0 fully saturated rings. The van der Waals surface area contributed by atoms with Crippen molar-refractivity contribution in [2.75, 3.05) is 0 Å². The topological polar surface area (TPSA) is 82.5 Å². The van der Waals surface area contributed by atoms with Crippen molar-refractivity contribution in [3.63, 3.8) is 0 Å². The van der Waals surface area contributed by atoms with Gasteiger partial charge in [-0.1, -0.05) is 105 Å². The molecule has 0 atom stereocenters. The number of rotatable bonds is 13. The molecule has 4 aromatic heterocycles. The van der Waals surface area contributed by atoms with Crippen molar-refractivity contribution in [1.82, 2.24) is 29.5 Å². The number of para-hydroxylation sites is 2. The van der Waals surface area contributed by atoms with E-state index in [-0.39, 0.29) is 0 Å². The molecule has 0 unspecified atom stereocenters. The highest BCUT2D eigenvalue weighted by molar-refractivity contribution is 7.21. The first kappa shape index (κ1) is 38.3. The van der Waals surface area contributed by atoms with Crippen LogP contribution in [0, 0.1) is 6.92 Å². The van der Waals surface area contributed by atoms with Crippen LogP contribution in [0.25, 0.3) is 83.9 Å². The number of fused-ring (bicyclic) bond motifs is 2. The van der Waals surface area contributed by atoms with Crippen LogP contribution in [0.1, 0.15) is 60.8 Å². The van der Waals surface area contributed by atoms with Gasteiger partial charge in [0.15, 0.2) is 23.1 Å². The highest BCUT2D eigenvalue weighted by atomic mass is 32.1. The standard InChI is InChI=1S/C49H42N6OS/c1-9-15-21-34(13-5)46-52-45(33(12-4)19-10-2)53-47(54-46)35-26-27-44-41(30-35)51-49(57-44)36-22-18-23-37(29-36)55-32(8)39(38(20-11-3)42(55)14-6)28-31(7)48-50-40-24-16-17-25-43(40)56-48/h9-30H,2,4-6H2,1,3,7-8H3/b15-9-,20-11-,31-28+,33-19+,34-21+. The van der Waals surface area contributed by atoms with E-state index in [1.165, 1.54) is 0 Å². The third-order valence-corrected chi connectivity index (χ3v) is 10.5. The van der Waals surface area contributed by atoms with Crippen LogP contribution in [0.15, 0.2) is 146 Å². The summed E-state index contributed by atoms with van der Waals surface area (Å²) in [6, 6.07) is 22.4. The summed E-state index contributed by atoms with van der Waals surface area (Å²) < 4.78 is 9.41. The maximum Gasteiger partial charge on any atom is 0.222 e. The minimum atomic E-state index is 0.491. The summed E-state index contributed by atoms with van der Waals surface area (Å²) in [5.74, 6) is 2.12. The number of benzene rings is 3. The lowest BCUT2D eigenvalue weighted by Crippen LogP contribution is -2.04.